The minimum Gasteiger partial charge on any atom is -0.411 e. The molecule has 8 heteroatoms. The standard InChI is InChI=1S/C13H12N4O3S/c18-10(17-7-6-14-12(17)19)8-21-13-16-15-11(20-13)9-4-2-1-3-5-9/h1-5H,6-8H2,(H,14,19). The Balaban J connectivity index is 1.60. The van der Waals surface area contributed by atoms with Gasteiger partial charge in [0.05, 0.1) is 5.75 Å². The molecule has 1 fully saturated rings. The van der Waals surface area contributed by atoms with Gasteiger partial charge in [0, 0.05) is 18.7 Å². The average molecular weight is 304 g/mol. The maximum Gasteiger partial charge on any atom is 0.324 e. The fourth-order valence-corrected chi connectivity index (χ4v) is 2.52. The number of hydrogen-bond acceptors (Lipinski definition) is 6. The molecule has 1 aliphatic heterocycles. The second kappa shape index (κ2) is 5.96. The lowest BCUT2D eigenvalue weighted by molar-refractivity contribution is -0.124. The molecule has 0 unspecified atom stereocenters. The molecule has 0 spiro atoms. The molecule has 1 saturated heterocycles. The molecule has 108 valence electrons. The molecule has 1 aromatic heterocycles. The number of amides is 3. The van der Waals surface area contributed by atoms with E-state index in [0.717, 1.165) is 17.3 Å². The van der Waals surface area contributed by atoms with E-state index in [0.29, 0.717) is 24.2 Å². The zero-order valence-corrected chi connectivity index (χ0v) is 11.8. The van der Waals surface area contributed by atoms with E-state index in [-0.39, 0.29) is 17.7 Å². The minimum atomic E-state index is -0.351. The van der Waals surface area contributed by atoms with Crippen molar-refractivity contribution in [1.82, 2.24) is 20.4 Å². The Morgan fingerprint density at radius 1 is 1.33 bits per heavy atom. The maximum atomic E-state index is 11.9. The highest BCUT2D eigenvalue weighted by Crippen LogP contribution is 2.23. The van der Waals surface area contributed by atoms with Crippen molar-refractivity contribution < 1.29 is 14.0 Å². The third kappa shape index (κ3) is 3.05. The Hall–Kier alpha value is -2.35. The maximum absolute atomic E-state index is 11.9. The quantitative estimate of drug-likeness (QED) is 0.859. The highest BCUT2D eigenvalue weighted by atomic mass is 32.2. The average Bonchev–Trinajstić information content (AvgIpc) is 3.15. The molecule has 0 saturated carbocycles. The summed E-state index contributed by atoms with van der Waals surface area (Å²) >= 11 is 1.12. The first-order valence-corrected chi connectivity index (χ1v) is 7.32. The summed E-state index contributed by atoms with van der Waals surface area (Å²) in [7, 11) is 0. The first kappa shape index (κ1) is 13.6. The predicted octanol–water partition coefficient (Wildman–Crippen LogP) is 1.38. The number of rotatable bonds is 4. The number of nitrogens with zero attached hydrogens (tertiary/aromatic N) is 3. The number of carbonyl (C=O) groups is 2. The molecule has 0 atom stereocenters. The van der Waals surface area contributed by atoms with E-state index in [2.05, 4.69) is 15.5 Å². The zero-order chi connectivity index (χ0) is 14.7. The lowest BCUT2D eigenvalue weighted by atomic mass is 10.2. The number of imide groups is 1. The minimum absolute atomic E-state index is 0.0871. The summed E-state index contributed by atoms with van der Waals surface area (Å²) in [4.78, 5) is 24.4. The van der Waals surface area contributed by atoms with Gasteiger partial charge in [-0.25, -0.2) is 4.79 Å². The van der Waals surface area contributed by atoms with Gasteiger partial charge in [-0.1, -0.05) is 30.0 Å². The summed E-state index contributed by atoms with van der Waals surface area (Å²) in [5, 5.41) is 10.7. The molecule has 7 nitrogen and oxygen atoms in total. The van der Waals surface area contributed by atoms with E-state index in [9.17, 15) is 9.59 Å². The number of nitrogens with one attached hydrogen (secondary N) is 1. The van der Waals surface area contributed by atoms with Gasteiger partial charge in [-0.05, 0) is 12.1 Å². The molecule has 0 radical (unpaired) electrons. The molecule has 2 aromatic rings. The van der Waals surface area contributed by atoms with Crippen molar-refractivity contribution in [2.45, 2.75) is 5.22 Å². The summed E-state index contributed by atoms with van der Waals surface area (Å²) < 4.78 is 5.48. The first-order chi connectivity index (χ1) is 10.2. The summed E-state index contributed by atoms with van der Waals surface area (Å²) in [5.41, 5.74) is 0.821. The van der Waals surface area contributed by atoms with Crippen molar-refractivity contribution >= 4 is 23.7 Å². The van der Waals surface area contributed by atoms with Crippen LogP contribution in [0.2, 0.25) is 0 Å². The fourth-order valence-electron chi connectivity index (χ4n) is 1.88. The molecule has 1 aliphatic rings. The van der Waals surface area contributed by atoms with Crippen LogP contribution >= 0.6 is 11.8 Å². The Morgan fingerprint density at radius 3 is 2.86 bits per heavy atom. The molecule has 0 bridgehead atoms. The van der Waals surface area contributed by atoms with E-state index in [1.54, 1.807) is 0 Å². The van der Waals surface area contributed by atoms with Crippen LogP contribution in [0.15, 0.2) is 40.0 Å². The molecule has 3 amide bonds. The van der Waals surface area contributed by atoms with E-state index < -0.39 is 0 Å². The second-order valence-corrected chi connectivity index (χ2v) is 5.23. The van der Waals surface area contributed by atoms with Gasteiger partial charge < -0.3 is 9.73 Å². The zero-order valence-electron chi connectivity index (χ0n) is 11.0. The van der Waals surface area contributed by atoms with Crippen LogP contribution in [-0.4, -0.2) is 45.9 Å². The third-order valence-corrected chi connectivity index (χ3v) is 3.71. The molecule has 21 heavy (non-hydrogen) atoms. The van der Waals surface area contributed by atoms with Crippen molar-refractivity contribution in [2.75, 3.05) is 18.8 Å². The van der Waals surface area contributed by atoms with Crippen molar-refractivity contribution in [3.8, 4) is 11.5 Å². The van der Waals surface area contributed by atoms with E-state index >= 15 is 0 Å². The second-order valence-electron chi connectivity index (χ2n) is 4.31. The van der Waals surface area contributed by atoms with Crippen molar-refractivity contribution in [3.05, 3.63) is 30.3 Å². The molecule has 2 heterocycles. The monoisotopic (exact) mass is 304 g/mol. The highest BCUT2D eigenvalue weighted by Gasteiger charge is 2.26. The Morgan fingerprint density at radius 2 is 2.14 bits per heavy atom. The van der Waals surface area contributed by atoms with Gasteiger partial charge in [0.25, 0.3) is 5.22 Å². The van der Waals surface area contributed by atoms with Gasteiger partial charge >= 0.3 is 6.03 Å². The topological polar surface area (TPSA) is 88.3 Å². The SMILES string of the molecule is O=C(CSc1nnc(-c2ccccc2)o1)N1CCNC1=O. The molecule has 3 rings (SSSR count). The number of carbonyl (C=O) groups excluding carboxylic acids is 2. The van der Waals surface area contributed by atoms with Gasteiger partial charge in [0.2, 0.25) is 11.8 Å². The lowest BCUT2D eigenvalue weighted by Gasteiger charge is -2.10. The number of urea groups is 1. The third-order valence-electron chi connectivity index (χ3n) is 2.90. The molecule has 1 N–H and O–H groups in total. The van der Waals surface area contributed by atoms with Crippen LogP contribution in [-0.2, 0) is 4.79 Å². The highest BCUT2D eigenvalue weighted by molar-refractivity contribution is 7.99. The van der Waals surface area contributed by atoms with Gasteiger partial charge in [-0.15, -0.1) is 10.2 Å². The molecular weight excluding hydrogens is 292 g/mol. The van der Waals surface area contributed by atoms with E-state index in [1.807, 2.05) is 30.3 Å². The molecule has 0 aliphatic carbocycles. The predicted molar refractivity (Wildman–Crippen MR) is 75.6 cm³/mol. The van der Waals surface area contributed by atoms with E-state index in [1.165, 1.54) is 4.90 Å². The van der Waals surface area contributed by atoms with Crippen LogP contribution < -0.4 is 5.32 Å². The Bertz CT molecular complexity index is 658. The summed E-state index contributed by atoms with van der Waals surface area (Å²) in [6.45, 7) is 0.894. The number of hydrogen-bond donors (Lipinski definition) is 1. The first-order valence-electron chi connectivity index (χ1n) is 6.34. The number of aromatic nitrogens is 2. The number of thioether (sulfide) groups is 1. The molecule has 1 aromatic carbocycles. The van der Waals surface area contributed by atoms with Crippen molar-refractivity contribution in [1.29, 1.82) is 0 Å². The van der Waals surface area contributed by atoms with Gasteiger partial charge in [-0.2, -0.15) is 0 Å². The summed E-state index contributed by atoms with van der Waals surface area (Å²) in [5.74, 6) is 0.225. The normalized spacial score (nSPS) is 14.3. The lowest BCUT2D eigenvalue weighted by Crippen LogP contribution is -2.35. The Kier molecular flexibility index (Phi) is 3.87. The summed E-state index contributed by atoms with van der Waals surface area (Å²) in [6, 6.07) is 9.03. The van der Waals surface area contributed by atoms with Gasteiger partial charge in [0.1, 0.15) is 0 Å². The van der Waals surface area contributed by atoms with Crippen molar-refractivity contribution in [2.24, 2.45) is 0 Å². The van der Waals surface area contributed by atoms with Crippen LogP contribution in [0.1, 0.15) is 0 Å². The largest absolute Gasteiger partial charge is 0.411 e. The van der Waals surface area contributed by atoms with Crippen LogP contribution in [0, 0.1) is 0 Å². The summed E-state index contributed by atoms with van der Waals surface area (Å²) in [6.07, 6.45) is 0. The smallest absolute Gasteiger partial charge is 0.324 e. The van der Waals surface area contributed by atoms with Gasteiger partial charge in [-0.3, -0.25) is 9.69 Å². The van der Waals surface area contributed by atoms with Crippen LogP contribution in [0.25, 0.3) is 11.5 Å². The molecular formula is C13H12N4O3S. The van der Waals surface area contributed by atoms with Crippen molar-refractivity contribution in [3.63, 3.8) is 0 Å². The van der Waals surface area contributed by atoms with Crippen LogP contribution in [0.3, 0.4) is 0 Å². The Labute approximate surface area is 124 Å². The number of benzene rings is 1. The van der Waals surface area contributed by atoms with Crippen LogP contribution in [0.5, 0.6) is 0 Å². The fraction of sp³-hybridized carbons (Fsp3) is 0.231. The van der Waals surface area contributed by atoms with E-state index in [4.69, 9.17) is 4.42 Å². The van der Waals surface area contributed by atoms with Gasteiger partial charge in [0.15, 0.2) is 0 Å². The van der Waals surface area contributed by atoms with Crippen LogP contribution in [0.4, 0.5) is 4.79 Å².